The molecule has 0 spiro atoms. The summed E-state index contributed by atoms with van der Waals surface area (Å²) in [6.07, 6.45) is 1.14. The molecule has 0 aliphatic carbocycles. The first-order valence-corrected chi connectivity index (χ1v) is 5.70. The average Bonchev–Trinajstić information content (AvgIpc) is 2.35. The van der Waals surface area contributed by atoms with E-state index in [-0.39, 0.29) is 17.7 Å². The zero-order chi connectivity index (χ0) is 13.1. The Hall–Kier alpha value is -1.97. The quantitative estimate of drug-likeness (QED) is 0.892. The molecule has 1 atom stereocenters. The zero-order valence-corrected chi connectivity index (χ0v) is 10.2. The second-order valence-electron chi connectivity index (χ2n) is 4.24. The van der Waals surface area contributed by atoms with E-state index in [4.69, 9.17) is 0 Å². The maximum atomic E-state index is 13.4. The number of halogens is 2. The van der Waals surface area contributed by atoms with Gasteiger partial charge in [0.25, 0.3) is 0 Å². The van der Waals surface area contributed by atoms with E-state index in [1.165, 1.54) is 12.1 Å². The molecule has 18 heavy (non-hydrogen) atoms. The van der Waals surface area contributed by atoms with Crippen LogP contribution in [0.3, 0.4) is 0 Å². The SMILES string of the molecule is Cc1ccc(C(C)Nc2ccc(F)cn2)cc1F. The first kappa shape index (κ1) is 12.5. The molecule has 2 rings (SSSR count). The Morgan fingerprint density at radius 1 is 1.17 bits per heavy atom. The molecule has 0 radical (unpaired) electrons. The van der Waals surface area contributed by atoms with Gasteiger partial charge in [0.2, 0.25) is 0 Å². The van der Waals surface area contributed by atoms with Crippen molar-refractivity contribution in [3.8, 4) is 0 Å². The molecule has 1 heterocycles. The number of nitrogens with one attached hydrogen (secondary N) is 1. The number of aryl methyl sites for hydroxylation is 1. The lowest BCUT2D eigenvalue weighted by atomic mass is 10.1. The first-order chi connectivity index (χ1) is 8.56. The summed E-state index contributed by atoms with van der Waals surface area (Å²) in [7, 11) is 0. The summed E-state index contributed by atoms with van der Waals surface area (Å²) >= 11 is 0. The summed E-state index contributed by atoms with van der Waals surface area (Å²) in [5, 5.41) is 3.09. The Bertz CT molecular complexity index is 538. The maximum absolute atomic E-state index is 13.4. The number of anilines is 1. The highest BCUT2D eigenvalue weighted by Crippen LogP contribution is 2.20. The standard InChI is InChI=1S/C14H14F2N2/c1-9-3-4-11(7-13(9)16)10(2)18-14-6-5-12(15)8-17-14/h3-8,10H,1-2H3,(H,17,18). The van der Waals surface area contributed by atoms with E-state index in [0.29, 0.717) is 11.4 Å². The molecule has 2 nitrogen and oxygen atoms in total. The van der Waals surface area contributed by atoms with Gasteiger partial charge in [-0.1, -0.05) is 12.1 Å². The van der Waals surface area contributed by atoms with Crippen molar-refractivity contribution >= 4 is 5.82 Å². The van der Waals surface area contributed by atoms with Crippen molar-refractivity contribution in [2.24, 2.45) is 0 Å². The van der Waals surface area contributed by atoms with Gasteiger partial charge in [0.1, 0.15) is 17.5 Å². The van der Waals surface area contributed by atoms with Crippen molar-refractivity contribution in [1.82, 2.24) is 4.98 Å². The summed E-state index contributed by atoms with van der Waals surface area (Å²) in [5.74, 6) is -0.0484. The lowest BCUT2D eigenvalue weighted by molar-refractivity contribution is 0.614. The van der Waals surface area contributed by atoms with E-state index in [2.05, 4.69) is 10.3 Å². The number of aromatic nitrogens is 1. The van der Waals surface area contributed by atoms with E-state index in [9.17, 15) is 8.78 Å². The Labute approximate surface area is 105 Å². The van der Waals surface area contributed by atoms with Gasteiger partial charge in [-0.3, -0.25) is 0 Å². The summed E-state index contributed by atoms with van der Waals surface area (Å²) in [6, 6.07) is 7.88. The second kappa shape index (κ2) is 5.12. The molecular weight excluding hydrogens is 234 g/mol. The third-order valence-electron chi connectivity index (χ3n) is 2.79. The van der Waals surface area contributed by atoms with Crippen LogP contribution < -0.4 is 5.32 Å². The minimum absolute atomic E-state index is 0.0990. The van der Waals surface area contributed by atoms with Crippen molar-refractivity contribution < 1.29 is 8.78 Å². The van der Waals surface area contributed by atoms with Crippen molar-refractivity contribution in [3.63, 3.8) is 0 Å². The van der Waals surface area contributed by atoms with Gasteiger partial charge in [-0.25, -0.2) is 13.8 Å². The van der Waals surface area contributed by atoms with Crippen molar-refractivity contribution in [2.45, 2.75) is 19.9 Å². The van der Waals surface area contributed by atoms with Gasteiger partial charge in [-0.15, -0.1) is 0 Å². The van der Waals surface area contributed by atoms with Crippen LogP contribution in [0.1, 0.15) is 24.1 Å². The Kier molecular flexibility index (Phi) is 3.55. The monoisotopic (exact) mass is 248 g/mol. The summed E-state index contributed by atoms with van der Waals surface area (Å²) in [4.78, 5) is 3.90. The van der Waals surface area contributed by atoms with Crippen LogP contribution in [0.2, 0.25) is 0 Å². The number of benzene rings is 1. The molecule has 0 saturated heterocycles. The molecule has 1 N–H and O–H groups in total. The molecule has 1 unspecified atom stereocenters. The van der Waals surface area contributed by atoms with Crippen LogP contribution in [0.15, 0.2) is 36.5 Å². The molecule has 0 amide bonds. The van der Waals surface area contributed by atoms with Crippen LogP contribution in [0, 0.1) is 18.6 Å². The summed E-state index contributed by atoms with van der Waals surface area (Å²) in [6.45, 7) is 3.62. The van der Waals surface area contributed by atoms with Gasteiger partial charge < -0.3 is 5.32 Å². The van der Waals surface area contributed by atoms with Crippen molar-refractivity contribution in [1.29, 1.82) is 0 Å². The molecule has 94 valence electrons. The van der Waals surface area contributed by atoms with E-state index in [0.717, 1.165) is 11.8 Å². The fraction of sp³-hybridized carbons (Fsp3) is 0.214. The highest BCUT2D eigenvalue weighted by molar-refractivity contribution is 5.38. The van der Waals surface area contributed by atoms with Gasteiger partial charge >= 0.3 is 0 Å². The number of pyridine rings is 1. The predicted octanol–water partition coefficient (Wildman–Crippen LogP) is 3.84. The Morgan fingerprint density at radius 2 is 1.94 bits per heavy atom. The van der Waals surface area contributed by atoms with Crippen LogP contribution in [-0.2, 0) is 0 Å². The van der Waals surface area contributed by atoms with Gasteiger partial charge in [0.15, 0.2) is 0 Å². The topological polar surface area (TPSA) is 24.9 Å². The predicted molar refractivity (Wildman–Crippen MR) is 67.4 cm³/mol. The second-order valence-corrected chi connectivity index (χ2v) is 4.24. The Balaban J connectivity index is 2.13. The van der Waals surface area contributed by atoms with Crippen LogP contribution in [0.25, 0.3) is 0 Å². The fourth-order valence-electron chi connectivity index (χ4n) is 1.64. The number of hydrogen-bond donors (Lipinski definition) is 1. The van der Waals surface area contributed by atoms with E-state index in [1.807, 2.05) is 13.0 Å². The molecule has 0 fully saturated rings. The molecule has 0 saturated carbocycles. The molecule has 0 bridgehead atoms. The molecule has 0 aliphatic heterocycles. The Morgan fingerprint density at radius 3 is 2.56 bits per heavy atom. The number of rotatable bonds is 3. The van der Waals surface area contributed by atoms with Crippen LogP contribution in [0.5, 0.6) is 0 Å². The molecular formula is C14H14F2N2. The minimum atomic E-state index is -0.380. The lowest BCUT2D eigenvalue weighted by Crippen LogP contribution is -2.08. The smallest absolute Gasteiger partial charge is 0.141 e. The maximum Gasteiger partial charge on any atom is 0.141 e. The van der Waals surface area contributed by atoms with Gasteiger partial charge in [-0.05, 0) is 43.2 Å². The molecule has 0 aliphatic rings. The normalized spacial score (nSPS) is 12.2. The zero-order valence-electron chi connectivity index (χ0n) is 10.2. The highest BCUT2D eigenvalue weighted by Gasteiger charge is 2.08. The van der Waals surface area contributed by atoms with E-state index < -0.39 is 0 Å². The lowest BCUT2D eigenvalue weighted by Gasteiger charge is -2.15. The summed E-state index contributed by atoms with van der Waals surface area (Å²) in [5.41, 5.74) is 1.44. The summed E-state index contributed by atoms with van der Waals surface area (Å²) < 4.78 is 26.1. The van der Waals surface area contributed by atoms with Gasteiger partial charge in [0.05, 0.1) is 12.2 Å². The van der Waals surface area contributed by atoms with Crippen molar-refractivity contribution in [3.05, 3.63) is 59.3 Å². The third kappa shape index (κ3) is 2.83. The molecule has 4 heteroatoms. The fourth-order valence-corrected chi connectivity index (χ4v) is 1.64. The third-order valence-corrected chi connectivity index (χ3v) is 2.79. The van der Waals surface area contributed by atoms with E-state index >= 15 is 0 Å². The van der Waals surface area contributed by atoms with Crippen LogP contribution in [0.4, 0.5) is 14.6 Å². The van der Waals surface area contributed by atoms with Crippen LogP contribution >= 0.6 is 0 Å². The van der Waals surface area contributed by atoms with Gasteiger partial charge in [-0.2, -0.15) is 0 Å². The first-order valence-electron chi connectivity index (χ1n) is 5.70. The van der Waals surface area contributed by atoms with Crippen LogP contribution in [-0.4, -0.2) is 4.98 Å². The number of nitrogens with zero attached hydrogens (tertiary/aromatic N) is 1. The van der Waals surface area contributed by atoms with E-state index in [1.54, 1.807) is 19.1 Å². The average molecular weight is 248 g/mol. The van der Waals surface area contributed by atoms with Gasteiger partial charge in [0, 0.05) is 0 Å². The van der Waals surface area contributed by atoms with Crippen molar-refractivity contribution in [2.75, 3.05) is 5.32 Å². The number of hydrogen-bond acceptors (Lipinski definition) is 2. The highest BCUT2D eigenvalue weighted by atomic mass is 19.1. The minimum Gasteiger partial charge on any atom is -0.364 e. The largest absolute Gasteiger partial charge is 0.364 e. The molecule has 2 aromatic rings. The molecule has 1 aromatic heterocycles. The molecule has 1 aromatic carbocycles.